The number of hydrogen-bond acceptors (Lipinski definition) is 4. The summed E-state index contributed by atoms with van der Waals surface area (Å²) in [4.78, 5) is 21.7. The highest BCUT2D eigenvalue weighted by Gasteiger charge is 2.35. The van der Waals surface area contributed by atoms with Crippen molar-refractivity contribution in [3.63, 3.8) is 0 Å². The smallest absolute Gasteiger partial charge is 0.275 e. The molecule has 168 valence electrons. The van der Waals surface area contributed by atoms with Crippen LogP contribution in [0.15, 0.2) is 48.5 Å². The first-order chi connectivity index (χ1) is 15.4. The van der Waals surface area contributed by atoms with Crippen LogP contribution in [0.3, 0.4) is 0 Å². The molecule has 2 heterocycles. The van der Waals surface area contributed by atoms with Gasteiger partial charge in [0.05, 0.1) is 24.0 Å². The van der Waals surface area contributed by atoms with Crippen molar-refractivity contribution in [3.05, 3.63) is 76.2 Å². The van der Waals surface area contributed by atoms with Crippen LogP contribution in [0.5, 0.6) is 0 Å². The second-order valence-corrected chi connectivity index (χ2v) is 8.79. The predicted octanol–water partition coefficient (Wildman–Crippen LogP) is 5.58. The number of fused-ring (bicyclic) bond motifs is 1. The molecular formula is C25H29ClN4O2. The molecule has 7 heteroatoms. The zero-order valence-electron chi connectivity index (χ0n) is 19.0. The third-order valence-electron chi connectivity index (χ3n) is 5.76. The van der Waals surface area contributed by atoms with Gasteiger partial charge in [0.2, 0.25) is 0 Å². The number of ether oxygens (including phenoxy) is 1. The summed E-state index contributed by atoms with van der Waals surface area (Å²) in [6.07, 6.45) is 0.687. The zero-order valence-corrected chi connectivity index (χ0v) is 19.8. The second kappa shape index (κ2) is 9.35. The number of aromatic nitrogens is 2. The monoisotopic (exact) mass is 452 g/mol. The maximum absolute atomic E-state index is 13.2. The molecule has 32 heavy (non-hydrogen) atoms. The Hall–Kier alpha value is -2.83. The van der Waals surface area contributed by atoms with E-state index in [4.69, 9.17) is 21.3 Å². The van der Waals surface area contributed by atoms with E-state index in [1.54, 1.807) is 11.9 Å². The summed E-state index contributed by atoms with van der Waals surface area (Å²) in [5.74, 6) is 1.76. The minimum atomic E-state index is -0.0679. The first kappa shape index (κ1) is 22.4. The lowest BCUT2D eigenvalue weighted by Gasteiger charge is -2.34. The molecule has 0 saturated carbocycles. The average molecular weight is 453 g/mol. The van der Waals surface area contributed by atoms with Gasteiger partial charge in [0.15, 0.2) is 11.5 Å². The molecule has 0 atom stereocenters. The highest BCUT2D eigenvalue weighted by atomic mass is 35.5. The number of anilines is 2. The van der Waals surface area contributed by atoms with Gasteiger partial charge < -0.3 is 14.5 Å². The van der Waals surface area contributed by atoms with Gasteiger partial charge in [0.25, 0.3) is 5.91 Å². The van der Waals surface area contributed by atoms with Gasteiger partial charge in [-0.3, -0.25) is 9.36 Å². The molecule has 1 aliphatic heterocycles. The Bertz CT molecular complexity index is 1110. The number of carbonyl (C=O) groups is 1. The van der Waals surface area contributed by atoms with Crippen LogP contribution in [-0.4, -0.2) is 34.1 Å². The number of nitrogens with zero attached hydrogens (tertiary/aromatic N) is 4. The molecule has 3 aromatic rings. The number of benzene rings is 2. The molecule has 0 spiro atoms. The van der Waals surface area contributed by atoms with Crippen molar-refractivity contribution in [2.45, 2.75) is 46.4 Å². The van der Waals surface area contributed by atoms with E-state index in [9.17, 15) is 4.79 Å². The first-order valence-electron chi connectivity index (χ1n) is 10.9. The number of rotatable bonds is 7. The molecule has 2 aromatic carbocycles. The Balaban J connectivity index is 1.69. The third kappa shape index (κ3) is 4.25. The van der Waals surface area contributed by atoms with Crippen LogP contribution in [0.2, 0.25) is 5.02 Å². The summed E-state index contributed by atoms with van der Waals surface area (Å²) in [5, 5.41) is 0.651. The van der Waals surface area contributed by atoms with Crippen molar-refractivity contribution in [1.82, 2.24) is 14.5 Å². The van der Waals surface area contributed by atoms with Crippen molar-refractivity contribution >= 4 is 29.0 Å². The number of hydrogen-bond donors (Lipinski definition) is 0. The third-order valence-corrected chi connectivity index (χ3v) is 6.07. The molecule has 0 bridgehead atoms. The summed E-state index contributed by atoms with van der Waals surface area (Å²) < 4.78 is 7.86. The molecule has 0 unspecified atom stereocenters. The summed E-state index contributed by atoms with van der Waals surface area (Å²) in [6, 6.07) is 16.1. The molecular weight excluding hydrogens is 424 g/mol. The number of carbonyl (C=O) groups excluding carboxylic acids is 1. The largest absolute Gasteiger partial charge is 0.356 e. The Morgan fingerprint density at radius 3 is 2.56 bits per heavy atom. The Kier molecular flexibility index (Phi) is 6.53. The van der Waals surface area contributed by atoms with E-state index in [0.717, 1.165) is 17.1 Å². The minimum Gasteiger partial charge on any atom is -0.356 e. The van der Waals surface area contributed by atoms with E-state index in [1.807, 2.05) is 58.9 Å². The lowest BCUT2D eigenvalue weighted by atomic mass is 10.0. The van der Waals surface area contributed by atoms with E-state index in [1.165, 1.54) is 5.56 Å². The van der Waals surface area contributed by atoms with Crippen molar-refractivity contribution in [2.75, 3.05) is 18.6 Å². The van der Waals surface area contributed by atoms with Crippen molar-refractivity contribution in [1.29, 1.82) is 0 Å². The molecule has 1 aromatic heterocycles. The summed E-state index contributed by atoms with van der Waals surface area (Å²) in [6.45, 7) is 7.42. The van der Waals surface area contributed by atoms with Gasteiger partial charge in [-0.1, -0.05) is 68.8 Å². The molecule has 4 rings (SSSR count). The van der Waals surface area contributed by atoms with Crippen LogP contribution in [0.4, 0.5) is 11.5 Å². The van der Waals surface area contributed by atoms with Gasteiger partial charge in [-0.2, -0.15) is 0 Å². The molecule has 0 aliphatic carbocycles. The molecule has 0 fully saturated rings. The SMILES string of the molecule is CCc1nc2c(n1COCc1ccccc1)C(=O)N(C)CN2c1ccc(C(C)C)cc1Cl. The molecule has 0 radical (unpaired) electrons. The fourth-order valence-corrected chi connectivity index (χ4v) is 4.23. The second-order valence-electron chi connectivity index (χ2n) is 8.38. The van der Waals surface area contributed by atoms with Gasteiger partial charge in [-0.15, -0.1) is 0 Å². The topological polar surface area (TPSA) is 50.6 Å². The van der Waals surface area contributed by atoms with Crippen molar-refractivity contribution in [3.8, 4) is 0 Å². The zero-order chi connectivity index (χ0) is 22.8. The summed E-state index contributed by atoms with van der Waals surface area (Å²) in [7, 11) is 1.79. The average Bonchev–Trinajstić information content (AvgIpc) is 3.16. The van der Waals surface area contributed by atoms with Crippen LogP contribution < -0.4 is 4.90 Å². The quantitative estimate of drug-likeness (QED) is 0.469. The van der Waals surface area contributed by atoms with E-state index < -0.39 is 0 Å². The van der Waals surface area contributed by atoms with Gasteiger partial charge in [-0.25, -0.2) is 4.98 Å². The first-order valence-corrected chi connectivity index (χ1v) is 11.3. The van der Waals surface area contributed by atoms with Crippen molar-refractivity contribution < 1.29 is 9.53 Å². The Morgan fingerprint density at radius 2 is 1.91 bits per heavy atom. The number of imidazole rings is 1. The van der Waals surface area contributed by atoms with Gasteiger partial charge in [-0.05, 0) is 29.2 Å². The molecule has 6 nitrogen and oxygen atoms in total. The number of aryl methyl sites for hydroxylation is 1. The number of amides is 1. The molecule has 1 amide bonds. The lowest BCUT2D eigenvalue weighted by molar-refractivity contribution is 0.0555. The fraction of sp³-hybridized carbons (Fsp3) is 0.360. The highest BCUT2D eigenvalue weighted by molar-refractivity contribution is 6.33. The van der Waals surface area contributed by atoms with E-state index in [2.05, 4.69) is 19.9 Å². The Labute approximate surface area is 194 Å². The maximum atomic E-state index is 13.2. The molecule has 1 aliphatic rings. The number of halogens is 1. The summed E-state index contributed by atoms with van der Waals surface area (Å²) >= 11 is 6.68. The fourth-order valence-electron chi connectivity index (χ4n) is 3.94. The minimum absolute atomic E-state index is 0.0679. The van der Waals surface area contributed by atoms with E-state index >= 15 is 0 Å². The van der Waals surface area contributed by atoms with Crippen LogP contribution in [0, 0.1) is 0 Å². The van der Waals surface area contributed by atoms with Crippen LogP contribution in [0.25, 0.3) is 0 Å². The van der Waals surface area contributed by atoms with Gasteiger partial charge in [0.1, 0.15) is 12.6 Å². The predicted molar refractivity (Wildman–Crippen MR) is 127 cm³/mol. The van der Waals surface area contributed by atoms with Crippen LogP contribution >= 0.6 is 11.6 Å². The van der Waals surface area contributed by atoms with Gasteiger partial charge >= 0.3 is 0 Å². The van der Waals surface area contributed by atoms with Crippen LogP contribution in [0.1, 0.15) is 54.1 Å². The Morgan fingerprint density at radius 1 is 1.16 bits per heavy atom. The van der Waals surface area contributed by atoms with Crippen molar-refractivity contribution in [2.24, 2.45) is 0 Å². The summed E-state index contributed by atoms with van der Waals surface area (Å²) in [5.41, 5.74) is 3.64. The van der Waals surface area contributed by atoms with E-state index in [-0.39, 0.29) is 12.6 Å². The highest BCUT2D eigenvalue weighted by Crippen LogP contribution is 2.38. The van der Waals surface area contributed by atoms with E-state index in [0.29, 0.717) is 42.1 Å². The maximum Gasteiger partial charge on any atom is 0.275 e. The van der Waals surface area contributed by atoms with Crippen LogP contribution in [-0.2, 0) is 24.5 Å². The standard InChI is InChI=1S/C25H29ClN4O2/c1-5-22-27-24-23(30(22)16-32-14-18-9-7-6-8-10-18)25(31)28(4)15-29(24)21-12-11-19(17(2)3)13-20(21)26/h6-13,17H,5,14-16H2,1-4H3. The normalized spacial score (nSPS) is 13.8. The molecule has 0 saturated heterocycles. The van der Waals surface area contributed by atoms with Gasteiger partial charge in [0, 0.05) is 13.5 Å². The lowest BCUT2D eigenvalue weighted by Crippen LogP contribution is -2.43. The molecule has 0 N–H and O–H groups in total.